The van der Waals surface area contributed by atoms with Crippen LogP contribution in [-0.2, 0) is 0 Å². The number of alkyl halides is 2. The lowest BCUT2D eigenvalue weighted by atomic mass is 9.95. The molecule has 130 valence electrons. The first kappa shape index (κ1) is 16.7. The maximum atomic E-state index is 12.8. The highest BCUT2D eigenvalue weighted by Crippen LogP contribution is 2.47. The van der Waals surface area contributed by atoms with E-state index in [9.17, 15) is 13.9 Å². The minimum atomic E-state index is -2.95. The summed E-state index contributed by atoms with van der Waals surface area (Å²) in [7, 11) is 0. The van der Waals surface area contributed by atoms with Crippen LogP contribution in [0.5, 0.6) is 5.75 Å². The van der Waals surface area contributed by atoms with Gasteiger partial charge in [-0.1, -0.05) is 11.6 Å². The Morgan fingerprint density at radius 3 is 2.96 bits per heavy atom. The lowest BCUT2D eigenvalue weighted by molar-refractivity contribution is -0.0505. The van der Waals surface area contributed by atoms with E-state index in [1.807, 2.05) is 0 Å². The van der Waals surface area contributed by atoms with Crippen molar-refractivity contribution in [3.63, 3.8) is 0 Å². The Bertz CT molecular complexity index is 966. The number of halogens is 4. The standard InChI is InChI=1S/C16H11BrClF2N3O2/c17-12-6-23-13(5-21-12)22-14-10(24)4-9(15(14)23)8-3-7(18)1-2-11(8)25-16(19)20/h1-3,5-6,9-10,16,24H,4H2/t9-,10-/m1/s1. The van der Waals surface area contributed by atoms with Gasteiger partial charge in [0.1, 0.15) is 10.4 Å². The second kappa shape index (κ2) is 6.19. The fourth-order valence-corrected chi connectivity index (χ4v) is 3.76. The van der Waals surface area contributed by atoms with Gasteiger partial charge in [0.25, 0.3) is 0 Å². The van der Waals surface area contributed by atoms with E-state index in [4.69, 9.17) is 11.6 Å². The third-order valence-electron chi connectivity index (χ3n) is 4.21. The van der Waals surface area contributed by atoms with Gasteiger partial charge in [0.15, 0.2) is 5.65 Å². The van der Waals surface area contributed by atoms with E-state index in [0.717, 1.165) is 0 Å². The van der Waals surface area contributed by atoms with Crippen LogP contribution in [0.25, 0.3) is 5.65 Å². The van der Waals surface area contributed by atoms with Gasteiger partial charge in [-0.2, -0.15) is 8.78 Å². The van der Waals surface area contributed by atoms with Crippen molar-refractivity contribution >= 4 is 33.2 Å². The Kier molecular flexibility index (Phi) is 4.13. The third kappa shape index (κ3) is 2.88. The second-order valence-electron chi connectivity index (χ2n) is 5.69. The van der Waals surface area contributed by atoms with Gasteiger partial charge in [0.05, 0.1) is 23.7 Å². The molecule has 0 saturated heterocycles. The molecule has 0 spiro atoms. The monoisotopic (exact) mass is 429 g/mol. The SMILES string of the molecule is O[C@@H]1C[C@H](c2cc(Cl)ccc2OC(F)F)c2c1nc1cnc(Br)cn21. The molecule has 1 aliphatic rings. The highest BCUT2D eigenvalue weighted by Gasteiger charge is 2.37. The number of nitrogens with zero attached hydrogens (tertiary/aromatic N) is 3. The minimum absolute atomic E-state index is 0.0347. The summed E-state index contributed by atoms with van der Waals surface area (Å²) in [6.07, 6.45) is 2.79. The number of rotatable bonds is 3. The van der Waals surface area contributed by atoms with Crippen molar-refractivity contribution in [2.45, 2.75) is 25.1 Å². The molecule has 0 radical (unpaired) electrons. The number of aromatic nitrogens is 3. The highest BCUT2D eigenvalue weighted by molar-refractivity contribution is 9.10. The molecule has 0 bridgehead atoms. The van der Waals surface area contributed by atoms with E-state index in [0.29, 0.717) is 38.6 Å². The van der Waals surface area contributed by atoms with Crippen LogP contribution in [0.3, 0.4) is 0 Å². The number of imidazole rings is 1. The lowest BCUT2D eigenvalue weighted by Gasteiger charge is -2.17. The Hall–Kier alpha value is -1.77. The van der Waals surface area contributed by atoms with Gasteiger partial charge < -0.3 is 9.84 Å². The second-order valence-corrected chi connectivity index (χ2v) is 6.93. The maximum absolute atomic E-state index is 12.8. The first-order valence-electron chi connectivity index (χ1n) is 7.39. The average Bonchev–Trinajstić information content (AvgIpc) is 3.07. The number of hydrogen-bond donors (Lipinski definition) is 1. The summed E-state index contributed by atoms with van der Waals surface area (Å²) in [5, 5.41) is 10.8. The van der Waals surface area contributed by atoms with Gasteiger partial charge in [0.2, 0.25) is 0 Å². The van der Waals surface area contributed by atoms with Crippen LogP contribution in [-0.4, -0.2) is 26.1 Å². The molecule has 5 nitrogen and oxygen atoms in total. The van der Waals surface area contributed by atoms with Crippen molar-refractivity contribution in [2.75, 3.05) is 0 Å². The van der Waals surface area contributed by atoms with Crippen LogP contribution in [0.1, 0.15) is 35.4 Å². The summed E-state index contributed by atoms with van der Waals surface area (Å²) in [6.45, 7) is -2.95. The molecule has 0 fully saturated rings. The van der Waals surface area contributed by atoms with Crippen molar-refractivity contribution in [1.82, 2.24) is 14.4 Å². The predicted molar refractivity (Wildman–Crippen MR) is 90.2 cm³/mol. The fraction of sp³-hybridized carbons (Fsp3) is 0.250. The van der Waals surface area contributed by atoms with Crippen molar-refractivity contribution in [3.05, 3.63) is 57.2 Å². The summed E-state index contributed by atoms with van der Waals surface area (Å²) < 4.78 is 32.6. The molecular formula is C16H11BrClF2N3O2. The Morgan fingerprint density at radius 1 is 1.40 bits per heavy atom. The topological polar surface area (TPSA) is 59.7 Å². The van der Waals surface area contributed by atoms with E-state index in [2.05, 4.69) is 30.6 Å². The molecule has 1 aromatic carbocycles. The van der Waals surface area contributed by atoms with Crippen LogP contribution in [0.2, 0.25) is 5.02 Å². The molecule has 2 atom stereocenters. The van der Waals surface area contributed by atoms with Gasteiger partial charge in [-0.3, -0.25) is 4.40 Å². The van der Waals surface area contributed by atoms with Crippen LogP contribution in [0, 0.1) is 0 Å². The van der Waals surface area contributed by atoms with E-state index < -0.39 is 12.7 Å². The number of benzene rings is 1. The van der Waals surface area contributed by atoms with Crippen molar-refractivity contribution in [2.24, 2.45) is 0 Å². The maximum Gasteiger partial charge on any atom is 0.387 e. The zero-order valence-corrected chi connectivity index (χ0v) is 14.9. The zero-order chi connectivity index (χ0) is 17.7. The van der Waals surface area contributed by atoms with Crippen LogP contribution in [0.4, 0.5) is 8.78 Å². The largest absolute Gasteiger partial charge is 0.435 e. The van der Waals surface area contributed by atoms with Crippen LogP contribution < -0.4 is 4.74 Å². The van der Waals surface area contributed by atoms with Gasteiger partial charge >= 0.3 is 6.61 Å². The smallest absolute Gasteiger partial charge is 0.387 e. The third-order valence-corrected chi connectivity index (χ3v) is 4.86. The summed E-state index contributed by atoms with van der Waals surface area (Å²) in [6, 6.07) is 4.49. The number of aliphatic hydroxyl groups excluding tert-OH is 1. The molecule has 9 heteroatoms. The van der Waals surface area contributed by atoms with E-state index in [-0.39, 0.29) is 11.7 Å². The van der Waals surface area contributed by atoms with Crippen LogP contribution in [0.15, 0.2) is 35.2 Å². The summed E-state index contributed by atoms with van der Waals surface area (Å²) in [5.41, 5.74) is 2.27. The van der Waals surface area contributed by atoms with Crippen LogP contribution >= 0.6 is 27.5 Å². The van der Waals surface area contributed by atoms with E-state index in [1.165, 1.54) is 12.1 Å². The van der Waals surface area contributed by atoms with Gasteiger partial charge in [-0.05, 0) is 40.5 Å². The quantitative estimate of drug-likeness (QED) is 0.672. The van der Waals surface area contributed by atoms with Gasteiger partial charge in [-0.25, -0.2) is 9.97 Å². The number of ether oxygens (including phenoxy) is 1. The molecule has 0 saturated carbocycles. The fourth-order valence-electron chi connectivity index (χ4n) is 3.27. The predicted octanol–water partition coefficient (Wildman–Crippen LogP) is 4.32. The molecule has 2 aromatic heterocycles. The van der Waals surface area contributed by atoms with E-state index >= 15 is 0 Å². The summed E-state index contributed by atoms with van der Waals surface area (Å²) in [5.74, 6) is -0.353. The molecule has 3 aromatic rings. The van der Waals surface area contributed by atoms with Crippen molar-refractivity contribution < 1.29 is 18.6 Å². The Balaban J connectivity index is 1.91. The first-order chi connectivity index (χ1) is 11.9. The molecule has 0 aliphatic heterocycles. The Morgan fingerprint density at radius 2 is 2.20 bits per heavy atom. The zero-order valence-electron chi connectivity index (χ0n) is 12.5. The molecular weight excluding hydrogens is 420 g/mol. The van der Waals surface area contributed by atoms with Crippen molar-refractivity contribution in [3.8, 4) is 5.75 Å². The molecule has 0 unspecified atom stereocenters. The average molecular weight is 431 g/mol. The lowest BCUT2D eigenvalue weighted by Crippen LogP contribution is -2.08. The number of aliphatic hydroxyl groups is 1. The molecule has 0 amide bonds. The number of hydrogen-bond acceptors (Lipinski definition) is 4. The normalized spacial score (nSPS) is 19.6. The van der Waals surface area contributed by atoms with Crippen molar-refractivity contribution in [1.29, 1.82) is 0 Å². The molecule has 25 heavy (non-hydrogen) atoms. The minimum Gasteiger partial charge on any atom is -0.435 e. The molecule has 4 rings (SSSR count). The van der Waals surface area contributed by atoms with Gasteiger partial charge in [0, 0.05) is 22.7 Å². The summed E-state index contributed by atoms with van der Waals surface area (Å²) >= 11 is 9.38. The number of fused-ring (bicyclic) bond motifs is 3. The molecule has 1 N–H and O–H groups in total. The summed E-state index contributed by atoms with van der Waals surface area (Å²) in [4.78, 5) is 8.53. The molecule has 2 heterocycles. The Labute approximate surface area is 154 Å². The first-order valence-corrected chi connectivity index (χ1v) is 8.57. The molecule has 1 aliphatic carbocycles. The van der Waals surface area contributed by atoms with E-state index in [1.54, 1.807) is 22.9 Å². The van der Waals surface area contributed by atoms with Gasteiger partial charge in [-0.15, -0.1) is 0 Å². The highest BCUT2D eigenvalue weighted by atomic mass is 79.9.